The topological polar surface area (TPSA) is 48.0 Å². The number of nitrogens with two attached hydrogens (primary N) is 1. The lowest BCUT2D eigenvalue weighted by atomic mass is 10.3. The molecular formula is C7H8F2N2O. The average Bonchev–Trinajstić information content (AvgIpc) is 1.97. The first-order valence-electron chi connectivity index (χ1n) is 3.30. The van der Waals surface area contributed by atoms with E-state index in [-0.39, 0.29) is 11.4 Å². The normalized spacial score (nSPS) is 10.7. The minimum atomic E-state index is -2.83. The standard InChI is InChI=1S/C7H8F2N2O/c1-4-5(10)2-3-6(12)11(4)7(8)9/h2-3,7H,10H2,1H3. The van der Waals surface area contributed by atoms with Crippen LogP contribution in [0.15, 0.2) is 16.9 Å². The number of nitrogens with zero attached hydrogens (tertiary/aromatic N) is 1. The van der Waals surface area contributed by atoms with Gasteiger partial charge >= 0.3 is 6.55 Å². The molecule has 0 atom stereocenters. The molecule has 0 saturated heterocycles. The van der Waals surface area contributed by atoms with Crippen LogP contribution in [0.4, 0.5) is 14.5 Å². The molecule has 0 aliphatic heterocycles. The van der Waals surface area contributed by atoms with E-state index in [9.17, 15) is 13.6 Å². The molecule has 0 unspecified atom stereocenters. The maximum atomic E-state index is 12.2. The molecule has 0 amide bonds. The Hall–Kier alpha value is -1.39. The summed E-state index contributed by atoms with van der Waals surface area (Å²) in [5.74, 6) is 0. The summed E-state index contributed by atoms with van der Waals surface area (Å²) in [7, 11) is 0. The second-order valence-electron chi connectivity index (χ2n) is 2.36. The Balaban J connectivity index is 3.43. The molecule has 0 spiro atoms. The fraction of sp³-hybridized carbons (Fsp3) is 0.286. The number of pyridine rings is 1. The summed E-state index contributed by atoms with van der Waals surface area (Å²) in [6, 6.07) is 2.34. The molecule has 1 rings (SSSR count). The van der Waals surface area contributed by atoms with Crippen LogP contribution >= 0.6 is 0 Å². The maximum Gasteiger partial charge on any atom is 0.321 e. The van der Waals surface area contributed by atoms with Gasteiger partial charge in [-0.15, -0.1) is 0 Å². The SMILES string of the molecule is Cc1c(N)ccc(=O)n1C(F)F. The molecule has 1 aromatic rings. The van der Waals surface area contributed by atoms with Crippen molar-refractivity contribution in [1.29, 1.82) is 0 Å². The molecule has 0 aliphatic rings. The van der Waals surface area contributed by atoms with Crippen molar-refractivity contribution in [1.82, 2.24) is 4.57 Å². The number of alkyl halides is 2. The van der Waals surface area contributed by atoms with Crippen molar-refractivity contribution in [2.45, 2.75) is 13.5 Å². The van der Waals surface area contributed by atoms with Gasteiger partial charge in [0.25, 0.3) is 5.56 Å². The van der Waals surface area contributed by atoms with Crippen molar-refractivity contribution >= 4 is 5.69 Å². The lowest BCUT2D eigenvalue weighted by molar-refractivity contribution is 0.0644. The van der Waals surface area contributed by atoms with Crippen molar-refractivity contribution in [3.8, 4) is 0 Å². The molecule has 3 nitrogen and oxygen atoms in total. The fourth-order valence-electron chi connectivity index (χ4n) is 0.909. The van der Waals surface area contributed by atoms with Crippen LogP contribution in [0.25, 0.3) is 0 Å². The van der Waals surface area contributed by atoms with E-state index in [4.69, 9.17) is 5.73 Å². The zero-order chi connectivity index (χ0) is 9.30. The third-order valence-corrected chi connectivity index (χ3v) is 1.62. The summed E-state index contributed by atoms with van der Waals surface area (Å²) < 4.78 is 24.7. The molecule has 2 N–H and O–H groups in total. The predicted octanol–water partition coefficient (Wildman–Crippen LogP) is 1.13. The smallest absolute Gasteiger partial charge is 0.321 e. The molecule has 0 aliphatic carbocycles. The number of halogens is 2. The van der Waals surface area contributed by atoms with Gasteiger partial charge in [-0.3, -0.25) is 9.36 Å². The van der Waals surface area contributed by atoms with E-state index in [2.05, 4.69) is 0 Å². The Morgan fingerprint density at radius 1 is 1.50 bits per heavy atom. The largest absolute Gasteiger partial charge is 0.397 e. The molecule has 0 radical (unpaired) electrons. The predicted molar refractivity (Wildman–Crippen MR) is 41.1 cm³/mol. The van der Waals surface area contributed by atoms with Crippen LogP contribution in [0.5, 0.6) is 0 Å². The number of hydrogen-bond donors (Lipinski definition) is 1. The maximum absolute atomic E-state index is 12.2. The second kappa shape index (κ2) is 2.92. The van der Waals surface area contributed by atoms with Crippen LogP contribution in [0.2, 0.25) is 0 Å². The molecule has 0 aromatic carbocycles. The molecule has 0 saturated carbocycles. The Kier molecular flexibility index (Phi) is 2.12. The zero-order valence-electron chi connectivity index (χ0n) is 6.42. The van der Waals surface area contributed by atoms with Gasteiger partial charge in [-0.1, -0.05) is 0 Å². The molecule has 5 heteroatoms. The van der Waals surface area contributed by atoms with E-state index in [0.29, 0.717) is 4.57 Å². The van der Waals surface area contributed by atoms with Crippen molar-refractivity contribution in [3.63, 3.8) is 0 Å². The summed E-state index contributed by atoms with van der Waals surface area (Å²) in [5, 5.41) is 0. The van der Waals surface area contributed by atoms with Crippen LogP contribution in [-0.2, 0) is 0 Å². The molecular weight excluding hydrogens is 166 g/mol. The molecule has 0 fully saturated rings. The van der Waals surface area contributed by atoms with E-state index in [1.54, 1.807) is 0 Å². The third kappa shape index (κ3) is 1.30. The van der Waals surface area contributed by atoms with Gasteiger partial charge in [-0.05, 0) is 13.0 Å². The Labute approximate surface area is 67.4 Å². The van der Waals surface area contributed by atoms with Crippen LogP contribution in [0.1, 0.15) is 12.2 Å². The van der Waals surface area contributed by atoms with Gasteiger partial charge in [-0.25, -0.2) is 0 Å². The number of anilines is 1. The zero-order valence-corrected chi connectivity index (χ0v) is 6.42. The Bertz CT molecular complexity index is 346. The van der Waals surface area contributed by atoms with Crippen LogP contribution in [0, 0.1) is 6.92 Å². The monoisotopic (exact) mass is 174 g/mol. The molecule has 66 valence electrons. The minimum absolute atomic E-state index is 0.0949. The summed E-state index contributed by atoms with van der Waals surface area (Å²) in [4.78, 5) is 10.9. The van der Waals surface area contributed by atoms with Gasteiger partial charge < -0.3 is 5.73 Å². The van der Waals surface area contributed by atoms with Crippen LogP contribution in [-0.4, -0.2) is 4.57 Å². The second-order valence-corrected chi connectivity index (χ2v) is 2.36. The number of aromatic nitrogens is 1. The van der Waals surface area contributed by atoms with E-state index >= 15 is 0 Å². The van der Waals surface area contributed by atoms with Gasteiger partial charge in [0.15, 0.2) is 0 Å². The van der Waals surface area contributed by atoms with Gasteiger partial charge in [0, 0.05) is 11.8 Å². The van der Waals surface area contributed by atoms with Crippen molar-refractivity contribution < 1.29 is 8.78 Å². The number of nitrogen functional groups attached to an aromatic ring is 1. The number of hydrogen-bond acceptors (Lipinski definition) is 2. The van der Waals surface area contributed by atoms with Crippen molar-refractivity contribution in [3.05, 3.63) is 28.2 Å². The average molecular weight is 174 g/mol. The van der Waals surface area contributed by atoms with Gasteiger partial charge in [0.1, 0.15) is 0 Å². The molecule has 1 aromatic heterocycles. The quantitative estimate of drug-likeness (QED) is 0.693. The molecule has 1 heterocycles. The van der Waals surface area contributed by atoms with E-state index in [0.717, 1.165) is 6.07 Å². The first-order chi connectivity index (χ1) is 5.54. The lowest BCUT2D eigenvalue weighted by Gasteiger charge is -2.09. The van der Waals surface area contributed by atoms with Gasteiger partial charge in [-0.2, -0.15) is 8.78 Å². The third-order valence-electron chi connectivity index (χ3n) is 1.62. The summed E-state index contributed by atoms with van der Waals surface area (Å²) >= 11 is 0. The summed E-state index contributed by atoms with van der Waals surface area (Å²) in [6.07, 6.45) is 0. The Morgan fingerprint density at radius 2 is 2.08 bits per heavy atom. The van der Waals surface area contributed by atoms with Crippen molar-refractivity contribution in [2.75, 3.05) is 5.73 Å². The summed E-state index contributed by atoms with van der Waals surface area (Å²) in [5.41, 5.74) is 4.88. The summed E-state index contributed by atoms with van der Waals surface area (Å²) in [6.45, 7) is -1.45. The highest BCUT2D eigenvalue weighted by Gasteiger charge is 2.11. The van der Waals surface area contributed by atoms with E-state index in [1.807, 2.05) is 0 Å². The van der Waals surface area contributed by atoms with E-state index in [1.165, 1.54) is 13.0 Å². The first kappa shape index (κ1) is 8.70. The van der Waals surface area contributed by atoms with Crippen molar-refractivity contribution in [2.24, 2.45) is 0 Å². The van der Waals surface area contributed by atoms with Crippen LogP contribution < -0.4 is 11.3 Å². The number of rotatable bonds is 1. The highest BCUT2D eigenvalue weighted by atomic mass is 19.3. The molecule has 0 bridgehead atoms. The Morgan fingerprint density at radius 3 is 2.50 bits per heavy atom. The van der Waals surface area contributed by atoms with Gasteiger partial charge in [0.2, 0.25) is 0 Å². The molecule has 12 heavy (non-hydrogen) atoms. The minimum Gasteiger partial charge on any atom is -0.397 e. The fourth-order valence-corrected chi connectivity index (χ4v) is 0.909. The lowest BCUT2D eigenvalue weighted by Crippen LogP contribution is -2.22. The van der Waals surface area contributed by atoms with Gasteiger partial charge in [0.05, 0.1) is 5.69 Å². The highest BCUT2D eigenvalue weighted by Crippen LogP contribution is 2.14. The van der Waals surface area contributed by atoms with Crippen LogP contribution in [0.3, 0.4) is 0 Å². The highest BCUT2D eigenvalue weighted by molar-refractivity contribution is 5.41. The van der Waals surface area contributed by atoms with E-state index < -0.39 is 12.1 Å². The first-order valence-corrected chi connectivity index (χ1v) is 3.30.